The number of nitrogens with zero attached hydrogens (tertiary/aromatic N) is 2. The second-order valence-electron chi connectivity index (χ2n) is 7.43. The maximum Gasteiger partial charge on any atom is 0.319 e. The highest BCUT2D eigenvalue weighted by molar-refractivity contribution is 7.99. The lowest BCUT2D eigenvalue weighted by atomic mass is 10.1. The van der Waals surface area contributed by atoms with Crippen molar-refractivity contribution >= 4 is 35.1 Å². The standard InChI is InChI=1S/C23H27N5O2S/c1-15(2)25-22(30)27-19-10-6-5-9-18(19)26-21(29)14-31-23-24-12-13-28(23)20-11-7-8-16(3)17(20)4/h5-13,15H,14H2,1-4H3,(H,26,29)(H2,25,27,30). The summed E-state index contributed by atoms with van der Waals surface area (Å²) in [6.07, 6.45) is 3.63. The molecule has 8 heteroatoms. The molecule has 31 heavy (non-hydrogen) atoms. The van der Waals surface area contributed by atoms with Gasteiger partial charge in [0, 0.05) is 18.4 Å². The van der Waals surface area contributed by atoms with Gasteiger partial charge in [-0.2, -0.15) is 0 Å². The topological polar surface area (TPSA) is 88.1 Å². The number of thioether (sulfide) groups is 1. The van der Waals surface area contributed by atoms with E-state index in [1.165, 1.54) is 22.9 Å². The van der Waals surface area contributed by atoms with Crippen molar-refractivity contribution < 1.29 is 9.59 Å². The Hall–Kier alpha value is -3.26. The number of anilines is 2. The summed E-state index contributed by atoms with van der Waals surface area (Å²) in [6.45, 7) is 7.91. The minimum Gasteiger partial charge on any atom is -0.336 e. The number of aryl methyl sites for hydroxylation is 1. The molecule has 0 atom stereocenters. The first-order valence-electron chi connectivity index (χ1n) is 10.0. The number of amides is 3. The van der Waals surface area contributed by atoms with Gasteiger partial charge in [-0.05, 0) is 57.0 Å². The SMILES string of the molecule is Cc1cccc(-n2ccnc2SCC(=O)Nc2ccccc2NC(=O)NC(C)C)c1C. The summed E-state index contributed by atoms with van der Waals surface area (Å²) < 4.78 is 1.99. The van der Waals surface area contributed by atoms with Gasteiger partial charge >= 0.3 is 6.03 Å². The van der Waals surface area contributed by atoms with Crippen LogP contribution in [0.1, 0.15) is 25.0 Å². The molecule has 0 spiro atoms. The molecular weight excluding hydrogens is 410 g/mol. The van der Waals surface area contributed by atoms with Crippen LogP contribution in [-0.2, 0) is 4.79 Å². The summed E-state index contributed by atoms with van der Waals surface area (Å²) in [5.41, 5.74) is 4.50. The quantitative estimate of drug-likeness (QED) is 0.466. The van der Waals surface area contributed by atoms with Gasteiger partial charge in [0.15, 0.2) is 5.16 Å². The molecule has 162 valence electrons. The van der Waals surface area contributed by atoms with Crippen LogP contribution in [0.15, 0.2) is 60.0 Å². The number of carbonyl (C=O) groups excluding carboxylic acids is 2. The Bertz CT molecular complexity index is 1080. The number of imidazole rings is 1. The van der Waals surface area contributed by atoms with Crippen molar-refractivity contribution in [1.82, 2.24) is 14.9 Å². The third kappa shape index (κ3) is 5.88. The van der Waals surface area contributed by atoms with E-state index in [-0.39, 0.29) is 23.7 Å². The lowest BCUT2D eigenvalue weighted by molar-refractivity contribution is -0.113. The van der Waals surface area contributed by atoms with Gasteiger partial charge in [0.05, 0.1) is 22.8 Å². The summed E-state index contributed by atoms with van der Waals surface area (Å²) in [4.78, 5) is 29.0. The maximum absolute atomic E-state index is 12.6. The fourth-order valence-corrected chi connectivity index (χ4v) is 3.78. The molecule has 0 saturated heterocycles. The molecule has 0 fully saturated rings. The molecule has 7 nitrogen and oxygen atoms in total. The van der Waals surface area contributed by atoms with Crippen molar-refractivity contribution in [1.29, 1.82) is 0 Å². The van der Waals surface area contributed by atoms with Crippen LogP contribution in [-0.4, -0.2) is 33.3 Å². The third-order valence-electron chi connectivity index (χ3n) is 4.64. The van der Waals surface area contributed by atoms with Crippen LogP contribution in [0.4, 0.5) is 16.2 Å². The number of urea groups is 1. The molecule has 0 aliphatic heterocycles. The van der Waals surface area contributed by atoms with E-state index in [2.05, 4.69) is 40.8 Å². The zero-order valence-corrected chi connectivity index (χ0v) is 18.9. The predicted molar refractivity (Wildman–Crippen MR) is 126 cm³/mol. The van der Waals surface area contributed by atoms with Crippen molar-refractivity contribution in [2.75, 3.05) is 16.4 Å². The van der Waals surface area contributed by atoms with Gasteiger partial charge in [-0.1, -0.05) is 36.0 Å². The Kier molecular flexibility index (Phi) is 7.36. The number of nitrogens with one attached hydrogen (secondary N) is 3. The van der Waals surface area contributed by atoms with Crippen LogP contribution in [0.3, 0.4) is 0 Å². The molecule has 1 aromatic heterocycles. The van der Waals surface area contributed by atoms with Crippen LogP contribution in [0.2, 0.25) is 0 Å². The first kappa shape index (κ1) is 22.4. The van der Waals surface area contributed by atoms with Crippen molar-refractivity contribution in [3.05, 3.63) is 66.0 Å². The summed E-state index contributed by atoms with van der Waals surface area (Å²) in [5, 5.41) is 9.15. The average Bonchev–Trinajstić information content (AvgIpc) is 3.18. The van der Waals surface area contributed by atoms with Crippen LogP contribution >= 0.6 is 11.8 Å². The van der Waals surface area contributed by atoms with Crippen molar-refractivity contribution in [3.8, 4) is 5.69 Å². The highest BCUT2D eigenvalue weighted by Crippen LogP contribution is 2.25. The third-order valence-corrected chi connectivity index (χ3v) is 5.61. The zero-order valence-electron chi connectivity index (χ0n) is 18.1. The molecule has 0 saturated carbocycles. The van der Waals surface area contributed by atoms with Gasteiger partial charge < -0.3 is 16.0 Å². The summed E-state index contributed by atoms with van der Waals surface area (Å²) >= 11 is 1.36. The minimum absolute atomic E-state index is 0.0129. The van der Waals surface area contributed by atoms with E-state index in [0.717, 1.165) is 10.8 Å². The lowest BCUT2D eigenvalue weighted by Gasteiger charge is -2.14. The van der Waals surface area contributed by atoms with Crippen LogP contribution < -0.4 is 16.0 Å². The van der Waals surface area contributed by atoms with Crippen LogP contribution in [0.5, 0.6) is 0 Å². The Labute approximate surface area is 186 Å². The van der Waals surface area contributed by atoms with Crippen molar-refractivity contribution in [3.63, 3.8) is 0 Å². The Morgan fingerprint density at radius 2 is 1.74 bits per heavy atom. The molecule has 3 N–H and O–H groups in total. The largest absolute Gasteiger partial charge is 0.336 e. The van der Waals surface area contributed by atoms with E-state index < -0.39 is 0 Å². The van der Waals surface area contributed by atoms with Gasteiger partial charge in [0.2, 0.25) is 5.91 Å². The smallest absolute Gasteiger partial charge is 0.319 e. The van der Waals surface area contributed by atoms with E-state index in [9.17, 15) is 9.59 Å². The fourth-order valence-electron chi connectivity index (χ4n) is 3.01. The maximum atomic E-state index is 12.6. The number of hydrogen-bond acceptors (Lipinski definition) is 4. The molecule has 0 aliphatic rings. The Morgan fingerprint density at radius 1 is 1.03 bits per heavy atom. The first-order chi connectivity index (χ1) is 14.8. The minimum atomic E-state index is -0.318. The second-order valence-corrected chi connectivity index (χ2v) is 8.38. The molecular formula is C23H27N5O2S. The summed E-state index contributed by atoms with van der Waals surface area (Å²) in [7, 11) is 0. The Balaban J connectivity index is 1.66. The number of benzene rings is 2. The molecule has 0 bridgehead atoms. The molecule has 3 amide bonds. The van der Waals surface area contributed by atoms with Crippen molar-refractivity contribution in [2.45, 2.75) is 38.9 Å². The monoisotopic (exact) mass is 437 g/mol. The number of hydrogen-bond donors (Lipinski definition) is 3. The number of aromatic nitrogens is 2. The number of rotatable bonds is 7. The van der Waals surface area contributed by atoms with Gasteiger partial charge in [0.25, 0.3) is 0 Å². The van der Waals surface area contributed by atoms with Crippen molar-refractivity contribution in [2.24, 2.45) is 0 Å². The normalized spacial score (nSPS) is 10.7. The zero-order chi connectivity index (χ0) is 22.4. The summed E-state index contributed by atoms with van der Waals surface area (Å²) in [5.74, 6) is 0.00744. The lowest BCUT2D eigenvalue weighted by Crippen LogP contribution is -2.34. The van der Waals surface area contributed by atoms with E-state index >= 15 is 0 Å². The highest BCUT2D eigenvalue weighted by atomic mass is 32.2. The molecule has 0 radical (unpaired) electrons. The van der Waals surface area contributed by atoms with Gasteiger partial charge in [-0.3, -0.25) is 9.36 Å². The van der Waals surface area contributed by atoms with Gasteiger partial charge in [-0.25, -0.2) is 9.78 Å². The fraction of sp³-hybridized carbons (Fsp3) is 0.261. The molecule has 2 aromatic carbocycles. The second kappa shape index (κ2) is 10.2. The summed E-state index contributed by atoms with van der Waals surface area (Å²) in [6, 6.07) is 12.9. The predicted octanol–water partition coefficient (Wildman–Crippen LogP) is 4.75. The van der Waals surface area contributed by atoms with E-state index in [0.29, 0.717) is 11.4 Å². The molecule has 0 aliphatic carbocycles. The molecule has 3 rings (SSSR count). The first-order valence-corrected chi connectivity index (χ1v) is 11.0. The van der Waals surface area contributed by atoms with Gasteiger partial charge in [-0.15, -0.1) is 0 Å². The molecule has 1 heterocycles. The Morgan fingerprint density at radius 3 is 2.45 bits per heavy atom. The highest BCUT2D eigenvalue weighted by Gasteiger charge is 2.13. The molecule has 3 aromatic rings. The van der Waals surface area contributed by atoms with Gasteiger partial charge in [0.1, 0.15) is 0 Å². The van der Waals surface area contributed by atoms with E-state index in [1.54, 1.807) is 24.4 Å². The van der Waals surface area contributed by atoms with E-state index in [1.807, 2.05) is 42.8 Å². The van der Waals surface area contributed by atoms with Crippen LogP contribution in [0.25, 0.3) is 5.69 Å². The number of para-hydroxylation sites is 2. The number of carbonyl (C=O) groups is 2. The van der Waals surface area contributed by atoms with E-state index in [4.69, 9.17) is 0 Å². The van der Waals surface area contributed by atoms with Crippen LogP contribution in [0, 0.1) is 13.8 Å². The molecule has 0 unspecified atom stereocenters. The average molecular weight is 438 g/mol.